The summed E-state index contributed by atoms with van der Waals surface area (Å²) in [6.07, 6.45) is 3.29. The molecule has 0 saturated heterocycles. The molecule has 0 fully saturated rings. The maximum atomic E-state index is 12.2. The third-order valence-electron chi connectivity index (χ3n) is 4.35. The van der Waals surface area contributed by atoms with Crippen molar-refractivity contribution >= 4 is 28.8 Å². The normalized spacial score (nSPS) is 10.5. The third-order valence-corrected chi connectivity index (χ3v) is 4.35. The number of urea groups is 1. The molecule has 0 aliphatic rings. The Kier molecular flexibility index (Phi) is 5.78. The number of hydrogen-bond acceptors (Lipinski definition) is 4. The monoisotopic (exact) mass is 381 g/mol. The molecule has 0 bridgehead atoms. The Morgan fingerprint density at radius 2 is 1.86 bits per heavy atom. The van der Waals surface area contributed by atoms with E-state index in [0.29, 0.717) is 30.4 Å². The number of aromatic nitrogens is 2. The molecule has 3 rings (SSSR count). The summed E-state index contributed by atoms with van der Waals surface area (Å²) < 4.78 is 7.44. The van der Waals surface area contributed by atoms with Gasteiger partial charge in [0.15, 0.2) is 0 Å². The van der Waals surface area contributed by atoms with Crippen molar-refractivity contribution in [3.8, 4) is 11.5 Å². The number of amides is 3. The molecule has 2 N–H and O–H groups in total. The van der Waals surface area contributed by atoms with Crippen molar-refractivity contribution in [2.24, 2.45) is 0 Å². The Bertz CT molecular complexity index is 994. The van der Waals surface area contributed by atoms with Crippen molar-refractivity contribution in [1.82, 2.24) is 19.8 Å². The van der Waals surface area contributed by atoms with Crippen LogP contribution in [0.5, 0.6) is 11.5 Å². The van der Waals surface area contributed by atoms with E-state index in [-0.39, 0.29) is 12.1 Å². The van der Waals surface area contributed by atoms with Crippen LogP contribution in [0.4, 0.5) is 15.4 Å². The Morgan fingerprint density at radius 1 is 1.11 bits per heavy atom. The molecule has 2 aromatic heterocycles. The van der Waals surface area contributed by atoms with Gasteiger partial charge < -0.3 is 15.0 Å². The quantitative estimate of drug-likeness (QED) is 0.702. The van der Waals surface area contributed by atoms with E-state index in [9.17, 15) is 9.59 Å². The second-order valence-electron chi connectivity index (χ2n) is 6.04. The molecule has 28 heavy (non-hydrogen) atoms. The van der Waals surface area contributed by atoms with E-state index >= 15 is 0 Å². The van der Waals surface area contributed by atoms with Gasteiger partial charge in [-0.15, -0.1) is 0 Å². The molecule has 0 atom stereocenters. The molecule has 0 spiro atoms. The van der Waals surface area contributed by atoms with Gasteiger partial charge >= 0.3 is 12.1 Å². The lowest BCUT2D eigenvalue weighted by atomic mass is 10.2. The molecule has 2 heterocycles. The number of carbonyl (C=O) groups excluding carboxylic acids is 2. The molecule has 0 unspecified atom stereocenters. The molecular weight excluding hydrogens is 358 g/mol. The van der Waals surface area contributed by atoms with E-state index in [2.05, 4.69) is 15.6 Å². The van der Waals surface area contributed by atoms with Gasteiger partial charge in [0.05, 0.1) is 5.52 Å². The van der Waals surface area contributed by atoms with Crippen molar-refractivity contribution in [1.29, 1.82) is 0 Å². The van der Waals surface area contributed by atoms with Crippen molar-refractivity contribution in [3.05, 3.63) is 48.8 Å². The minimum Gasteiger partial charge on any atom is -0.457 e. The highest BCUT2D eigenvalue weighted by molar-refractivity contribution is 5.92. The summed E-state index contributed by atoms with van der Waals surface area (Å²) in [5, 5.41) is 6.25. The van der Waals surface area contributed by atoms with Crippen LogP contribution in [0.15, 0.2) is 48.8 Å². The summed E-state index contributed by atoms with van der Waals surface area (Å²) in [6, 6.07) is 10.3. The highest BCUT2D eigenvalue weighted by Gasteiger charge is 2.11. The fraction of sp³-hybridized carbons (Fsp3) is 0.250. The SMILES string of the molecule is CCN(CC)C(=O)Nc1cc(Oc2ccc3c(ccn3C(=O)NC)c2)ccn1. The highest BCUT2D eigenvalue weighted by atomic mass is 16.5. The van der Waals surface area contributed by atoms with Crippen LogP contribution in [0.3, 0.4) is 0 Å². The first-order valence-corrected chi connectivity index (χ1v) is 9.08. The Labute approximate surface area is 163 Å². The van der Waals surface area contributed by atoms with Gasteiger partial charge in [0.1, 0.15) is 17.3 Å². The second kappa shape index (κ2) is 8.43. The van der Waals surface area contributed by atoms with Crippen LogP contribution in [-0.2, 0) is 0 Å². The van der Waals surface area contributed by atoms with Gasteiger partial charge in [-0.1, -0.05) is 0 Å². The molecule has 1 aromatic carbocycles. The van der Waals surface area contributed by atoms with Gasteiger partial charge in [0, 0.05) is 44.0 Å². The van der Waals surface area contributed by atoms with Crippen LogP contribution in [0, 0.1) is 0 Å². The number of ether oxygens (including phenoxy) is 1. The van der Waals surface area contributed by atoms with Crippen LogP contribution < -0.4 is 15.4 Å². The number of hydrogen-bond donors (Lipinski definition) is 2. The predicted octanol–water partition coefficient (Wildman–Crippen LogP) is 3.89. The predicted molar refractivity (Wildman–Crippen MR) is 108 cm³/mol. The summed E-state index contributed by atoms with van der Waals surface area (Å²) in [4.78, 5) is 29.9. The summed E-state index contributed by atoms with van der Waals surface area (Å²) >= 11 is 0. The summed E-state index contributed by atoms with van der Waals surface area (Å²) in [6.45, 7) is 5.08. The molecule has 3 aromatic rings. The Hall–Kier alpha value is -3.55. The zero-order valence-corrected chi connectivity index (χ0v) is 16.1. The molecular formula is C20H23N5O3. The summed E-state index contributed by atoms with van der Waals surface area (Å²) in [7, 11) is 1.59. The Morgan fingerprint density at radius 3 is 2.57 bits per heavy atom. The largest absolute Gasteiger partial charge is 0.457 e. The summed E-state index contributed by atoms with van der Waals surface area (Å²) in [5.74, 6) is 1.59. The first-order valence-electron chi connectivity index (χ1n) is 9.08. The van der Waals surface area contributed by atoms with Gasteiger partial charge in [0.25, 0.3) is 0 Å². The van der Waals surface area contributed by atoms with Crippen LogP contribution >= 0.6 is 0 Å². The van der Waals surface area contributed by atoms with Crippen LogP contribution in [0.25, 0.3) is 10.9 Å². The minimum absolute atomic E-state index is 0.202. The Balaban J connectivity index is 1.77. The maximum Gasteiger partial charge on any atom is 0.325 e. The van der Waals surface area contributed by atoms with Crippen molar-refractivity contribution in [2.45, 2.75) is 13.8 Å². The lowest BCUT2D eigenvalue weighted by Gasteiger charge is -2.18. The minimum atomic E-state index is -0.202. The van der Waals surface area contributed by atoms with E-state index in [1.54, 1.807) is 42.5 Å². The summed E-state index contributed by atoms with van der Waals surface area (Å²) in [5.41, 5.74) is 0.786. The van der Waals surface area contributed by atoms with Gasteiger partial charge in [-0.25, -0.2) is 14.6 Å². The number of anilines is 1. The van der Waals surface area contributed by atoms with Gasteiger partial charge in [-0.2, -0.15) is 0 Å². The zero-order chi connectivity index (χ0) is 20.1. The van der Waals surface area contributed by atoms with Crippen LogP contribution in [0.2, 0.25) is 0 Å². The molecule has 0 saturated carbocycles. The number of benzene rings is 1. The second-order valence-corrected chi connectivity index (χ2v) is 6.04. The molecule has 146 valence electrons. The fourth-order valence-electron chi connectivity index (χ4n) is 2.86. The van der Waals surface area contributed by atoms with Gasteiger partial charge in [0.2, 0.25) is 0 Å². The average molecular weight is 381 g/mol. The van der Waals surface area contributed by atoms with Crippen molar-refractivity contribution in [3.63, 3.8) is 0 Å². The number of rotatable bonds is 5. The lowest BCUT2D eigenvalue weighted by Crippen LogP contribution is -2.34. The topological polar surface area (TPSA) is 88.5 Å². The number of pyridine rings is 1. The van der Waals surface area contributed by atoms with Gasteiger partial charge in [-0.3, -0.25) is 9.88 Å². The standard InChI is InChI=1S/C20H23N5O3/c1-4-24(5-2)20(27)23-18-13-16(8-10-22-18)28-15-6-7-17-14(12-15)9-11-25(17)19(26)21-3/h6-13H,4-5H2,1-3H3,(H,21,26)(H,22,23,27). The first-order chi connectivity index (χ1) is 13.5. The van der Waals surface area contributed by atoms with Crippen LogP contribution in [0.1, 0.15) is 13.8 Å². The first kappa shape index (κ1) is 19.2. The van der Waals surface area contributed by atoms with E-state index in [0.717, 1.165) is 10.9 Å². The molecule has 3 amide bonds. The number of nitrogens with one attached hydrogen (secondary N) is 2. The van der Waals surface area contributed by atoms with Crippen molar-refractivity contribution in [2.75, 3.05) is 25.5 Å². The van der Waals surface area contributed by atoms with E-state index in [1.165, 1.54) is 4.57 Å². The average Bonchev–Trinajstić information content (AvgIpc) is 3.12. The van der Waals surface area contributed by atoms with E-state index in [1.807, 2.05) is 32.0 Å². The molecule has 8 heteroatoms. The molecule has 0 radical (unpaired) electrons. The maximum absolute atomic E-state index is 12.2. The highest BCUT2D eigenvalue weighted by Crippen LogP contribution is 2.27. The smallest absolute Gasteiger partial charge is 0.325 e. The molecule has 8 nitrogen and oxygen atoms in total. The lowest BCUT2D eigenvalue weighted by molar-refractivity contribution is 0.217. The zero-order valence-electron chi connectivity index (χ0n) is 16.1. The molecule has 0 aliphatic carbocycles. The number of fused-ring (bicyclic) bond motifs is 1. The van der Waals surface area contributed by atoms with E-state index in [4.69, 9.17) is 4.74 Å². The number of nitrogens with zero attached hydrogens (tertiary/aromatic N) is 3. The van der Waals surface area contributed by atoms with E-state index < -0.39 is 0 Å². The number of carbonyl (C=O) groups is 2. The fourth-order valence-corrected chi connectivity index (χ4v) is 2.86. The van der Waals surface area contributed by atoms with Crippen LogP contribution in [-0.4, -0.2) is 46.7 Å². The third kappa shape index (κ3) is 4.06. The molecule has 0 aliphatic heterocycles. The van der Waals surface area contributed by atoms with Gasteiger partial charge in [-0.05, 0) is 44.2 Å². The van der Waals surface area contributed by atoms with Crippen molar-refractivity contribution < 1.29 is 14.3 Å².